The maximum absolute atomic E-state index is 12.5. The quantitative estimate of drug-likeness (QED) is 0.339. The van der Waals surface area contributed by atoms with Gasteiger partial charge in [-0.2, -0.15) is 0 Å². The molecular formula is C19H18N4O7S. The molecule has 1 heterocycles. The second-order valence-electron chi connectivity index (χ2n) is 6.76. The summed E-state index contributed by atoms with van der Waals surface area (Å²) < 4.78 is 22.5. The average Bonchev–Trinajstić information content (AvgIpc) is 2.96. The van der Waals surface area contributed by atoms with Crippen LogP contribution in [-0.4, -0.2) is 49.1 Å². The van der Waals surface area contributed by atoms with Crippen LogP contribution >= 0.6 is 0 Å². The lowest BCUT2D eigenvalue weighted by molar-refractivity contribution is -0.385. The van der Waals surface area contributed by atoms with Crippen LogP contribution in [0.4, 0.5) is 5.69 Å². The first-order chi connectivity index (χ1) is 14.6. The maximum Gasteiger partial charge on any atom is 0.282 e. The van der Waals surface area contributed by atoms with Crippen LogP contribution < -0.4 is 10.5 Å². The highest BCUT2D eigenvalue weighted by atomic mass is 32.2. The number of nitro groups is 1. The number of sulfonamides is 1. The number of nitrogens with one attached hydrogen (secondary N) is 1. The highest BCUT2D eigenvalue weighted by molar-refractivity contribution is 7.89. The van der Waals surface area contributed by atoms with Crippen molar-refractivity contribution in [3.8, 4) is 0 Å². The lowest BCUT2D eigenvalue weighted by atomic mass is 10.1. The summed E-state index contributed by atoms with van der Waals surface area (Å²) in [6.45, 7) is 0.0412. The number of amides is 3. The van der Waals surface area contributed by atoms with Crippen LogP contribution in [0.3, 0.4) is 0 Å². The van der Waals surface area contributed by atoms with Gasteiger partial charge in [0.1, 0.15) is 5.56 Å². The molecule has 0 radical (unpaired) electrons. The topological polar surface area (TPSA) is 170 Å². The predicted octanol–water partition coefficient (Wildman–Crippen LogP) is 0.587. The number of benzene rings is 2. The molecule has 3 rings (SSSR count). The van der Waals surface area contributed by atoms with Crippen molar-refractivity contribution in [3.05, 3.63) is 69.3 Å². The number of carbonyl (C=O) groups excluding carboxylic acids is 3. The van der Waals surface area contributed by atoms with Crippen molar-refractivity contribution in [1.82, 2.24) is 10.2 Å². The van der Waals surface area contributed by atoms with Crippen molar-refractivity contribution in [2.45, 2.75) is 17.7 Å². The van der Waals surface area contributed by atoms with Gasteiger partial charge < -0.3 is 5.32 Å². The average molecular weight is 446 g/mol. The van der Waals surface area contributed by atoms with Crippen molar-refractivity contribution >= 4 is 33.4 Å². The van der Waals surface area contributed by atoms with Gasteiger partial charge in [-0.3, -0.25) is 29.4 Å². The summed E-state index contributed by atoms with van der Waals surface area (Å²) in [6, 6.07) is 9.71. The van der Waals surface area contributed by atoms with Crippen LogP contribution in [0, 0.1) is 10.1 Å². The molecule has 11 nitrogen and oxygen atoms in total. The number of hydrogen-bond acceptors (Lipinski definition) is 7. The van der Waals surface area contributed by atoms with Crippen LogP contribution in [0.25, 0.3) is 0 Å². The molecule has 162 valence electrons. The molecule has 3 N–H and O–H groups in total. The van der Waals surface area contributed by atoms with E-state index in [0.29, 0.717) is 6.42 Å². The van der Waals surface area contributed by atoms with Crippen LogP contribution in [0.15, 0.2) is 47.4 Å². The Balaban J connectivity index is 1.52. The third kappa shape index (κ3) is 4.75. The molecule has 0 fully saturated rings. The van der Waals surface area contributed by atoms with Gasteiger partial charge in [-0.25, -0.2) is 13.6 Å². The summed E-state index contributed by atoms with van der Waals surface area (Å²) in [5.74, 6) is -1.88. The Kier molecular flexibility index (Phi) is 6.13. The van der Waals surface area contributed by atoms with Gasteiger partial charge in [0, 0.05) is 25.6 Å². The number of nitrogens with two attached hydrogens (primary N) is 1. The smallest absolute Gasteiger partial charge is 0.282 e. The molecule has 2 aromatic carbocycles. The summed E-state index contributed by atoms with van der Waals surface area (Å²) in [7, 11) is -3.77. The fourth-order valence-electron chi connectivity index (χ4n) is 3.16. The summed E-state index contributed by atoms with van der Waals surface area (Å²) in [6.07, 6.45) is 0.263. The van der Waals surface area contributed by atoms with E-state index in [4.69, 9.17) is 5.14 Å². The minimum Gasteiger partial charge on any atom is -0.356 e. The molecule has 0 atom stereocenters. The van der Waals surface area contributed by atoms with Crippen LogP contribution in [0.2, 0.25) is 0 Å². The Morgan fingerprint density at radius 2 is 1.77 bits per heavy atom. The Labute approximate surface area is 177 Å². The number of hydrogen-bond donors (Lipinski definition) is 2. The van der Waals surface area contributed by atoms with E-state index in [2.05, 4.69) is 5.32 Å². The molecule has 2 aromatic rings. The first-order valence-corrected chi connectivity index (χ1v) is 10.7. The predicted molar refractivity (Wildman–Crippen MR) is 108 cm³/mol. The highest BCUT2D eigenvalue weighted by Gasteiger charge is 2.40. The zero-order valence-electron chi connectivity index (χ0n) is 16.1. The zero-order valence-corrected chi connectivity index (χ0v) is 16.9. The van der Waals surface area contributed by atoms with Gasteiger partial charge in [0.25, 0.3) is 17.5 Å². The summed E-state index contributed by atoms with van der Waals surface area (Å²) in [5, 5.41) is 18.8. The summed E-state index contributed by atoms with van der Waals surface area (Å²) in [4.78, 5) is 48.1. The van der Waals surface area contributed by atoms with Crippen LogP contribution in [0.5, 0.6) is 0 Å². The molecule has 12 heteroatoms. The molecule has 0 aromatic heterocycles. The van der Waals surface area contributed by atoms with Crippen molar-refractivity contribution in [1.29, 1.82) is 0 Å². The number of nitrogens with zero attached hydrogens (tertiary/aromatic N) is 2. The van der Waals surface area contributed by atoms with E-state index >= 15 is 0 Å². The molecule has 1 aliphatic rings. The standard InChI is InChI=1S/C19H18N4O7S/c20-31(29,30)13-6-4-12(5-7-13)8-10-21-16(24)9-11-22-18(25)14-2-1-3-15(23(27)28)17(14)19(22)26/h1-7H,8-11H2,(H,21,24)(H2,20,29,30). The van der Waals surface area contributed by atoms with E-state index in [1.54, 1.807) is 12.1 Å². The largest absolute Gasteiger partial charge is 0.356 e. The molecule has 31 heavy (non-hydrogen) atoms. The Hall–Kier alpha value is -3.64. The van der Waals surface area contributed by atoms with Crippen molar-refractivity contribution in [2.24, 2.45) is 5.14 Å². The lowest BCUT2D eigenvalue weighted by Crippen LogP contribution is -2.35. The molecule has 0 saturated heterocycles. The fraction of sp³-hybridized carbons (Fsp3) is 0.211. The molecule has 0 spiro atoms. The Morgan fingerprint density at radius 1 is 1.10 bits per heavy atom. The SMILES string of the molecule is NS(=O)(=O)c1ccc(CCNC(=O)CCN2C(=O)c3cccc([N+](=O)[O-])c3C2=O)cc1. The number of fused-ring (bicyclic) bond motifs is 1. The monoisotopic (exact) mass is 446 g/mol. The summed E-state index contributed by atoms with van der Waals surface area (Å²) >= 11 is 0. The molecule has 3 amide bonds. The van der Waals surface area contributed by atoms with Gasteiger partial charge in [0.2, 0.25) is 15.9 Å². The van der Waals surface area contributed by atoms with Gasteiger partial charge >= 0.3 is 0 Å². The number of carbonyl (C=O) groups is 3. The van der Waals surface area contributed by atoms with Crippen molar-refractivity contribution < 1.29 is 27.7 Å². The van der Waals surface area contributed by atoms with Gasteiger partial charge in [0.15, 0.2) is 0 Å². The van der Waals surface area contributed by atoms with E-state index in [1.807, 2.05) is 0 Å². The molecule has 1 aliphatic heterocycles. The molecule has 0 saturated carbocycles. The Bertz CT molecular complexity index is 1180. The molecule has 0 aliphatic carbocycles. The van der Waals surface area contributed by atoms with E-state index < -0.39 is 38.4 Å². The second-order valence-corrected chi connectivity index (χ2v) is 8.32. The number of rotatable bonds is 8. The van der Waals surface area contributed by atoms with Gasteiger partial charge in [-0.1, -0.05) is 18.2 Å². The van der Waals surface area contributed by atoms with E-state index in [-0.39, 0.29) is 35.5 Å². The van der Waals surface area contributed by atoms with Crippen molar-refractivity contribution in [2.75, 3.05) is 13.1 Å². The van der Waals surface area contributed by atoms with E-state index in [0.717, 1.165) is 16.5 Å². The number of imide groups is 1. The molecular weight excluding hydrogens is 428 g/mol. The van der Waals surface area contributed by atoms with Crippen LogP contribution in [0.1, 0.15) is 32.7 Å². The number of nitro benzene ring substituents is 1. The minimum absolute atomic E-state index is 0.0125. The zero-order chi connectivity index (χ0) is 22.8. The maximum atomic E-state index is 12.5. The van der Waals surface area contributed by atoms with E-state index in [1.165, 1.54) is 24.3 Å². The minimum atomic E-state index is -3.77. The summed E-state index contributed by atoms with van der Waals surface area (Å²) in [5.41, 5.74) is 0.0139. The first-order valence-electron chi connectivity index (χ1n) is 9.11. The normalized spacial score (nSPS) is 13.3. The Morgan fingerprint density at radius 3 is 2.39 bits per heavy atom. The second kappa shape index (κ2) is 8.62. The van der Waals surface area contributed by atoms with Crippen molar-refractivity contribution in [3.63, 3.8) is 0 Å². The highest BCUT2D eigenvalue weighted by Crippen LogP contribution is 2.30. The molecule has 0 unspecified atom stereocenters. The van der Waals surface area contributed by atoms with Gasteiger partial charge in [-0.15, -0.1) is 0 Å². The third-order valence-electron chi connectivity index (χ3n) is 4.72. The molecule has 0 bridgehead atoms. The van der Waals surface area contributed by atoms with Gasteiger partial charge in [0.05, 0.1) is 15.4 Å². The number of primary sulfonamides is 1. The third-order valence-corrected chi connectivity index (χ3v) is 5.65. The van der Waals surface area contributed by atoms with Crippen LogP contribution in [-0.2, 0) is 21.2 Å². The fourth-order valence-corrected chi connectivity index (χ4v) is 3.68. The first kappa shape index (κ1) is 22.1. The van der Waals surface area contributed by atoms with E-state index in [9.17, 15) is 32.9 Å². The van der Waals surface area contributed by atoms with Gasteiger partial charge in [-0.05, 0) is 30.2 Å². The lowest BCUT2D eigenvalue weighted by Gasteiger charge is -2.13.